The third kappa shape index (κ3) is 1.95. The summed E-state index contributed by atoms with van der Waals surface area (Å²) in [6.07, 6.45) is 3.07. The molecule has 0 bridgehead atoms. The Morgan fingerprint density at radius 2 is 1.88 bits per heavy atom. The second-order valence-corrected chi connectivity index (χ2v) is 4.04. The lowest BCUT2D eigenvalue weighted by Gasteiger charge is -2.10. The molecule has 88 valence electrons. The summed E-state index contributed by atoms with van der Waals surface area (Å²) in [5.41, 5.74) is 1.32. The van der Waals surface area contributed by atoms with Gasteiger partial charge in [0.1, 0.15) is 22.3 Å². The molecule has 0 fully saturated rings. The third-order valence-corrected chi connectivity index (χ3v) is 2.88. The largest absolute Gasteiger partial charge is 0.496 e. The van der Waals surface area contributed by atoms with E-state index in [9.17, 15) is 4.79 Å². The molecule has 1 aromatic heterocycles. The van der Waals surface area contributed by atoms with Gasteiger partial charge in [0.15, 0.2) is 0 Å². The zero-order valence-corrected chi connectivity index (χ0v) is 10.8. The Balaban J connectivity index is 2.86. The topological polar surface area (TPSA) is 61.3 Å². The first-order chi connectivity index (χ1) is 8.19. The fourth-order valence-electron chi connectivity index (χ4n) is 1.53. The molecular weight excluding hydrogens is 288 g/mol. The molecule has 2 aromatic rings. The SMILES string of the molecule is COC(=O)c1c(OC)cc(Br)c2nccnc12. The van der Waals surface area contributed by atoms with Gasteiger partial charge in [-0.2, -0.15) is 0 Å². The Bertz CT molecular complexity index is 586. The molecule has 2 rings (SSSR count). The summed E-state index contributed by atoms with van der Waals surface area (Å²) >= 11 is 3.36. The average Bonchev–Trinajstić information content (AvgIpc) is 2.37. The predicted octanol–water partition coefficient (Wildman–Crippen LogP) is 2.19. The van der Waals surface area contributed by atoms with E-state index in [1.807, 2.05) is 0 Å². The Labute approximate surface area is 106 Å². The quantitative estimate of drug-likeness (QED) is 0.795. The lowest BCUT2D eigenvalue weighted by Crippen LogP contribution is -2.06. The lowest BCUT2D eigenvalue weighted by atomic mass is 10.1. The minimum Gasteiger partial charge on any atom is -0.496 e. The molecule has 0 atom stereocenters. The maximum absolute atomic E-state index is 11.7. The summed E-state index contributed by atoms with van der Waals surface area (Å²) in [4.78, 5) is 20.0. The molecule has 0 aliphatic carbocycles. The molecule has 17 heavy (non-hydrogen) atoms. The zero-order chi connectivity index (χ0) is 12.4. The average molecular weight is 297 g/mol. The van der Waals surface area contributed by atoms with Crippen molar-refractivity contribution in [3.05, 3.63) is 28.5 Å². The molecule has 0 unspecified atom stereocenters. The highest BCUT2D eigenvalue weighted by Gasteiger charge is 2.20. The Morgan fingerprint density at radius 1 is 1.24 bits per heavy atom. The third-order valence-electron chi connectivity index (χ3n) is 2.27. The van der Waals surface area contributed by atoms with Gasteiger partial charge in [0.05, 0.1) is 14.2 Å². The molecule has 0 N–H and O–H groups in total. The van der Waals surface area contributed by atoms with Crippen LogP contribution in [0.4, 0.5) is 0 Å². The van der Waals surface area contributed by atoms with Crippen LogP contribution in [0.2, 0.25) is 0 Å². The van der Waals surface area contributed by atoms with Gasteiger partial charge in [-0.3, -0.25) is 9.97 Å². The van der Waals surface area contributed by atoms with Gasteiger partial charge >= 0.3 is 5.97 Å². The van der Waals surface area contributed by atoms with Gasteiger partial charge in [0.25, 0.3) is 0 Å². The lowest BCUT2D eigenvalue weighted by molar-refractivity contribution is 0.0599. The van der Waals surface area contributed by atoms with Crippen LogP contribution in [-0.2, 0) is 4.74 Å². The van der Waals surface area contributed by atoms with Gasteiger partial charge in [-0.25, -0.2) is 4.79 Å². The van der Waals surface area contributed by atoms with E-state index in [0.29, 0.717) is 21.3 Å². The van der Waals surface area contributed by atoms with E-state index >= 15 is 0 Å². The summed E-state index contributed by atoms with van der Waals surface area (Å²) in [7, 11) is 2.79. The van der Waals surface area contributed by atoms with Crippen LogP contribution < -0.4 is 4.74 Å². The van der Waals surface area contributed by atoms with E-state index in [1.54, 1.807) is 12.3 Å². The van der Waals surface area contributed by atoms with E-state index < -0.39 is 5.97 Å². The molecule has 1 aromatic carbocycles. The van der Waals surface area contributed by atoms with Crippen LogP contribution in [0.25, 0.3) is 11.0 Å². The van der Waals surface area contributed by atoms with Gasteiger partial charge in [-0.15, -0.1) is 0 Å². The second-order valence-electron chi connectivity index (χ2n) is 3.18. The number of halogens is 1. The van der Waals surface area contributed by atoms with Gasteiger partial charge in [0.2, 0.25) is 0 Å². The highest BCUT2D eigenvalue weighted by molar-refractivity contribution is 9.10. The number of nitrogens with zero attached hydrogens (tertiary/aromatic N) is 2. The Morgan fingerprint density at radius 3 is 2.47 bits per heavy atom. The summed E-state index contributed by atoms with van der Waals surface area (Å²) in [5.74, 6) is -0.100. The van der Waals surface area contributed by atoms with Crippen LogP contribution in [-0.4, -0.2) is 30.2 Å². The highest BCUT2D eigenvalue weighted by atomic mass is 79.9. The minimum atomic E-state index is -0.500. The molecule has 0 saturated heterocycles. The molecule has 0 spiro atoms. The van der Waals surface area contributed by atoms with Gasteiger partial charge in [0, 0.05) is 16.9 Å². The van der Waals surface area contributed by atoms with Crippen LogP contribution >= 0.6 is 15.9 Å². The number of benzene rings is 1. The number of rotatable bonds is 2. The number of ether oxygens (including phenoxy) is 2. The summed E-state index contributed by atoms with van der Waals surface area (Å²) in [6.45, 7) is 0. The number of hydrogen-bond acceptors (Lipinski definition) is 5. The molecule has 6 heteroatoms. The highest BCUT2D eigenvalue weighted by Crippen LogP contribution is 2.32. The van der Waals surface area contributed by atoms with E-state index in [1.165, 1.54) is 20.4 Å². The van der Waals surface area contributed by atoms with Crippen LogP contribution in [0, 0.1) is 0 Å². The van der Waals surface area contributed by atoms with Crippen molar-refractivity contribution in [1.82, 2.24) is 9.97 Å². The number of aromatic nitrogens is 2. The fraction of sp³-hybridized carbons (Fsp3) is 0.182. The molecular formula is C11H9BrN2O3. The maximum atomic E-state index is 11.7. The number of hydrogen-bond donors (Lipinski definition) is 0. The van der Waals surface area contributed by atoms with Gasteiger partial charge in [-0.1, -0.05) is 0 Å². The van der Waals surface area contributed by atoms with E-state index in [0.717, 1.165) is 0 Å². The zero-order valence-electron chi connectivity index (χ0n) is 9.23. The number of fused-ring (bicyclic) bond motifs is 1. The van der Waals surface area contributed by atoms with E-state index in [2.05, 4.69) is 25.9 Å². The van der Waals surface area contributed by atoms with Crippen molar-refractivity contribution < 1.29 is 14.3 Å². The van der Waals surface area contributed by atoms with Crippen molar-refractivity contribution in [1.29, 1.82) is 0 Å². The molecule has 0 aliphatic rings. The summed E-state index contributed by atoms with van der Waals surface area (Å²) in [6, 6.07) is 1.67. The number of carbonyl (C=O) groups excluding carboxylic acids is 1. The van der Waals surface area contributed by atoms with Gasteiger partial charge in [-0.05, 0) is 22.0 Å². The number of esters is 1. The van der Waals surface area contributed by atoms with Crippen molar-refractivity contribution in [2.24, 2.45) is 0 Å². The first kappa shape index (κ1) is 11.8. The Hall–Kier alpha value is -1.69. The second kappa shape index (κ2) is 4.67. The normalized spacial score (nSPS) is 10.3. The maximum Gasteiger partial charge on any atom is 0.343 e. The van der Waals surface area contributed by atoms with Crippen LogP contribution in [0.15, 0.2) is 22.9 Å². The minimum absolute atomic E-state index is 0.279. The van der Waals surface area contributed by atoms with Crippen molar-refractivity contribution in [2.75, 3.05) is 14.2 Å². The van der Waals surface area contributed by atoms with Crippen molar-refractivity contribution >= 4 is 32.9 Å². The monoisotopic (exact) mass is 296 g/mol. The number of methoxy groups -OCH3 is 2. The van der Waals surface area contributed by atoms with Gasteiger partial charge < -0.3 is 9.47 Å². The van der Waals surface area contributed by atoms with Crippen molar-refractivity contribution in [3.8, 4) is 5.75 Å². The molecule has 1 heterocycles. The molecule has 0 saturated carbocycles. The van der Waals surface area contributed by atoms with E-state index in [4.69, 9.17) is 9.47 Å². The molecule has 0 amide bonds. The molecule has 5 nitrogen and oxygen atoms in total. The van der Waals surface area contributed by atoms with Crippen molar-refractivity contribution in [3.63, 3.8) is 0 Å². The van der Waals surface area contributed by atoms with Crippen molar-refractivity contribution in [2.45, 2.75) is 0 Å². The van der Waals surface area contributed by atoms with E-state index in [-0.39, 0.29) is 5.56 Å². The summed E-state index contributed by atoms with van der Waals surface area (Å²) in [5, 5.41) is 0. The van der Waals surface area contributed by atoms with Crippen LogP contribution in [0.5, 0.6) is 5.75 Å². The molecule has 0 aliphatic heterocycles. The Kier molecular flexibility index (Phi) is 3.23. The smallest absolute Gasteiger partial charge is 0.343 e. The van der Waals surface area contributed by atoms with Crippen LogP contribution in [0.3, 0.4) is 0 Å². The molecule has 0 radical (unpaired) electrons. The number of carbonyl (C=O) groups is 1. The standard InChI is InChI=1S/C11H9BrN2O3/c1-16-7-5-6(12)9-10(14-4-3-13-9)8(7)11(15)17-2/h3-5H,1-2H3. The fourth-order valence-corrected chi connectivity index (χ4v) is 2.03. The first-order valence-corrected chi connectivity index (χ1v) is 5.54. The first-order valence-electron chi connectivity index (χ1n) is 4.74. The van der Waals surface area contributed by atoms with Crippen LogP contribution in [0.1, 0.15) is 10.4 Å². The predicted molar refractivity (Wildman–Crippen MR) is 65.1 cm³/mol. The summed E-state index contributed by atoms with van der Waals surface area (Å²) < 4.78 is 10.6.